The summed E-state index contributed by atoms with van der Waals surface area (Å²) in [5.41, 5.74) is 1.37. The molecule has 15 heavy (non-hydrogen) atoms. The maximum atomic E-state index is 12.6. The third-order valence-electron chi connectivity index (χ3n) is 1.97. The Morgan fingerprint density at radius 1 is 1.27 bits per heavy atom. The first-order valence-corrected chi connectivity index (χ1v) is 5.01. The van der Waals surface area contributed by atoms with Crippen LogP contribution in [0.3, 0.4) is 0 Å². The Balaban J connectivity index is 2.37. The van der Waals surface area contributed by atoms with Crippen molar-refractivity contribution >= 4 is 17.5 Å². The van der Waals surface area contributed by atoms with Crippen LogP contribution in [-0.4, -0.2) is 14.5 Å². The minimum absolute atomic E-state index is 0.221. The van der Waals surface area contributed by atoms with Gasteiger partial charge in [-0.05, 0) is 31.2 Å². The standard InChI is InChI=1S/C10H7FN2OS/c1-6-9(13-15-12-6)10(14)7-2-4-8(11)5-3-7/h2-5H,1H3. The highest BCUT2D eigenvalue weighted by Gasteiger charge is 2.15. The van der Waals surface area contributed by atoms with Gasteiger partial charge in [0.2, 0.25) is 5.78 Å². The van der Waals surface area contributed by atoms with E-state index >= 15 is 0 Å². The van der Waals surface area contributed by atoms with Crippen LogP contribution in [0.4, 0.5) is 4.39 Å². The van der Waals surface area contributed by atoms with E-state index in [-0.39, 0.29) is 11.6 Å². The number of rotatable bonds is 2. The SMILES string of the molecule is Cc1nsnc1C(=O)c1ccc(F)cc1. The molecule has 2 rings (SSSR count). The van der Waals surface area contributed by atoms with E-state index in [4.69, 9.17) is 0 Å². The Kier molecular flexibility index (Phi) is 2.55. The van der Waals surface area contributed by atoms with Crippen molar-refractivity contribution in [3.05, 3.63) is 47.0 Å². The van der Waals surface area contributed by atoms with Gasteiger partial charge in [-0.3, -0.25) is 4.79 Å². The molecule has 0 atom stereocenters. The number of nitrogens with zero attached hydrogens (tertiary/aromatic N) is 2. The number of halogens is 1. The fourth-order valence-corrected chi connectivity index (χ4v) is 1.72. The number of aryl methyl sites for hydroxylation is 1. The number of hydrogen-bond acceptors (Lipinski definition) is 4. The molecule has 0 aliphatic carbocycles. The van der Waals surface area contributed by atoms with E-state index in [1.54, 1.807) is 6.92 Å². The molecule has 1 aromatic heterocycles. The summed E-state index contributed by atoms with van der Waals surface area (Å²) in [6.07, 6.45) is 0. The molecule has 1 heterocycles. The van der Waals surface area contributed by atoms with Crippen molar-refractivity contribution in [3.63, 3.8) is 0 Å². The van der Waals surface area contributed by atoms with Crippen molar-refractivity contribution in [1.29, 1.82) is 0 Å². The van der Waals surface area contributed by atoms with E-state index in [1.807, 2.05) is 0 Å². The van der Waals surface area contributed by atoms with Gasteiger partial charge in [-0.15, -0.1) is 0 Å². The van der Waals surface area contributed by atoms with Gasteiger partial charge in [0.25, 0.3) is 0 Å². The highest BCUT2D eigenvalue weighted by molar-refractivity contribution is 6.99. The molecule has 0 saturated heterocycles. The van der Waals surface area contributed by atoms with Gasteiger partial charge in [0, 0.05) is 5.56 Å². The second-order valence-electron chi connectivity index (χ2n) is 3.03. The zero-order valence-corrected chi connectivity index (χ0v) is 8.71. The average molecular weight is 222 g/mol. The zero-order valence-electron chi connectivity index (χ0n) is 7.90. The molecule has 0 N–H and O–H groups in total. The molecule has 0 fully saturated rings. The molecule has 0 spiro atoms. The summed E-state index contributed by atoms with van der Waals surface area (Å²) < 4.78 is 20.5. The summed E-state index contributed by atoms with van der Waals surface area (Å²) in [6, 6.07) is 5.39. The quantitative estimate of drug-likeness (QED) is 0.732. The van der Waals surface area contributed by atoms with Gasteiger partial charge in [-0.1, -0.05) is 0 Å². The van der Waals surface area contributed by atoms with Gasteiger partial charge in [0.15, 0.2) is 0 Å². The first-order valence-electron chi connectivity index (χ1n) is 4.28. The zero-order chi connectivity index (χ0) is 10.8. The van der Waals surface area contributed by atoms with Crippen molar-refractivity contribution in [2.45, 2.75) is 6.92 Å². The normalized spacial score (nSPS) is 10.3. The average Bonchev–Trinajstić information content (AvgIpc) is 2.65. The number of benzene rings is 1. The minimum atomic E-state index is -0.361. The van der Waals surface area contributed by atoms with E-state index < -0.39 is 0 Å². The van der Waals surface area contributed by atoms with Crippen molar-refractivity contribution in [2.75, 3.05) is 0 Å². The van der Waals surface area contributed by atoms with Crippen LogP contribution in [0.1, 0.15) is 21.7 Å². The minimum Gasteiger partial charge on any atom is -0.287 e. The lowest BCUT2D eigenvalue weighted by Gasteiger charge is -1.97. The fraction of sp³-hybridized carbons (Fsp3) is 0.100. The second-order valence-corrected chi connectivity index (χ2v) is 3.56. The number of carbonyl (C=O) groups excluding carboxylic acids is 1. The topological polar surface area (TPSA) is 42.9 Å². The molecule has 0 aliphatic heterocycles. The molecule has 0 radical (unpaired) electrons. The third-order valence-corrected chi connectivity index (χ3v) is 2.59. The van der Waals surface area contributed by atoms with Crippen molar-refractivity contribution in [2.24, 2.45) is 0 Å². The lowest BCUT2D eigenvalue weighted by Crippen LogP contribution is -2.03. The Morgan fingerprint density at radius 2 is 1.93 bits per heavy atom. The number of aromatic nitrogens is 2. The van der Waals surface area contributed by atoms with Gasteiger partial charge in [-0.2, -0.15) is 8.75 Å². The largest absolute Gasteiger partial charge is 0.287 e. The molecule has 0 bridgehead atoms. The summed E-state index contributed by atoms with van der Waals surface area (Å²) >= 11 is 0.997. The molecule has 2 aromatic rings. The Labute approximate surface area is 89.9 Å². The van der Waals surface area contributed by atoms with Crippen molar-refractivity contribution < 1.29 is 9.18 Å². The van der Waals surface area contributed by atoms with E-state index in [2.05, 4.69) is 8.75 Å². The molecule has 3 nitrogen and oxygen atoms in total. The van der Waals surface area contributed by atoms with Crippen LogP contribution in [0, 0.1) is 12.7 Å². The summed E-state index contributed by atoms with van der Waals surface area (Å²) in [4.78, 5) is 11.8. The van der Waals surface area contributed by atoms with Crippen LogP contribution in [0.5, 0.6) is 0 Å². The second kappa shape index (κ2) is 3.86. The van der Waals surface area contributed by atoms with E-state index in [1.165, 1.54) is 24.3 Å². The molecule has 0 unspecified atom stereocenters. The van der Waals surface area contributed by atoms with Gasteiger partial charge in [0.1, 0.15) is 11.5 Å². The lowest BCUT2D eigenvalue weighted by atomic mass is 10.1. The van der Waals surface area contributed by atoms with Crippen molar-refractivity contribution in [1.82, 2.24) is 8.75 Å². The van der Waals surface area contributed by atoms with Crippen molar-refractivity contribution in [3.8, 4) is 0 Å². The molecule has 1 aromatic carbocycles. The fourth-order valence-electron chi connectivity index (χ4n) is 1.18. The molecule has 0 aliphatic rings. The molecule has 76 valence electrons. The number of carbonyl (C=O) groups is 1. The Morgan fingerprint density at radius 3 is 2.47 bits per heavy atom. The van der Waals surface area contributed by atoms with Gasteiger partial charge >= 0.3 is 0 Å². The molecular weight excluding hydrogens is 215 g/mol. The molecule has 5 heteroatoms. The maximum absolute atomic E-state index is 12.6. The van der Waals surface area contributed by atoms with Crippen LogP contribution >= 0.6 is 11.7 Å². The molecule has 0 saturated carbocycles. The number of ketones is 1. The predicted molar refractivity (Wildman–Crippen MR) is 54.5 cm³/mol. The van der Waals surface area contributed by atoms with Gasteiger partial charge in [-0.25, -0.2) is 4.39 Å². The smallest absolute Gasteiger partial charge is 0.214 e. The summed E-state index contributed by atoms with van der Waals surface area (Å²) in [7, 11) is 0. The molecule has 0 amide bonds. The van der Waals surface area contributed by atoms with Crippen LogP contribution < -0.4 is 0 Å². The Bertz CT molecular complexity index is 492. The number of hydrogen-bond donors (Lipinski definition) is 0. The highest BCUT2D eigenvalue weighted by atomic mass is 32.1. The van der Waals surface area contributed by atoms with E-state index in [0.29, 0.717) is 17.0 Å². The Hall–Kier alpha value is -1.62. The highest BCUT2D eigenvalue weighted by Crippen LogP contribution is 2.12. The first-order chi connectivity index (χ1) is 7.18. The summed E-state index contributed by atoms with van der Waals surface area (Å²) in [5.74, 6) is -0.582. The van der Waals surface area contributed by atoms with E-state index in [9.17, 15) is 9.18 Å². The lowest BCUT2D eigenvalue weighted by molar-refractivity contribution is 0.103. The van der Waals surface area contributed by atoms with Crippen LogP contribution in [-0.2, 0) is 0 Å². The first kappa shape index (κ1) is 9.92. The maximum Gasteiger partial charge on any atom is 0.214 e. The van der Waals surface area contributed by atoms with Crippen LogP contribution in [0.15, 0.2) is 24.3 Å². The van der Waals surface area contributed by atoms with Crippen LogP contribution in [0.2, 0.25) is 0 Å². The van der Waals surface area contributed by atoms with Crippen LogP contribution in [0.25, 0.3) is 0 Å². The summed E-state index contributed by atoms with van der Waals surface area (Å²) in [5, 5.41) is 0. The van der Waals surface area contributed by atoms with E-state index in [0.717, 1.165) is 11.7 Å². The predicted octanol–water partition coefficient (Wildman–Crippen LogP) is 2.22. The monoisotopic (exact) mass is 222 g/mol. The van der Waals surface area contributed by atoms with Gasteiger partial charge < -0.3 is 0 Å². The summed E-state index contributed by atoms with van der Waals surface area (Å²) in [6.45, 7) is 1.72. The van der Waals surface area contributed by atoms with Gasteiger partial charge in [0.05, 0.1) is 17.4 Å². The third kappa shape index (κ3) is 1.92. The molecular formula is C10H7FN2OS.